The van der Waals surface area contributed by atoms with Crippen molar-refractivity contribution >= 4 is 11.8 Å². The monoisotopic (exact) mass is 367 g/mol. The Bertz CT molecular complexity index is 904. The predicted octanol–water partition coefficient (Wildman–Crippen LogP) is 2.37. The number of aromatic nitrogens is 4. The molecule has 1 N–H and O–H groups in total. The van der Waals surface area contributed by atoms with E-state index in [4.69, 9.17) is 10.00 Å². The highest BCUT2D eigenvalue weighted by atomic mass is 32.2. The smallest absolute Gasteiger partial charge is 0.214 e. The lowest BCUT2D eigenvalue weighted by molar-refractivity contribution is 0.126. The van der Waals surface area contributed by atoms with Crippen molar-refractivity contribution in [3.8, 4) is 17.5 Å². The van der Waals surface area contributed by atoms with Gasteiger partial charge in [-0.3, -0.25) is 0 Å². The molecular weight excluding hydrogens is 350 g/mol. The standard InChI is InChI=1S/C18H17N5O2S/c1-13-3-2-4-15(9-13)23-18(20-21-22-23)26-12-16(24)11-25-17-7-5-14(10-19)6-8-17/h2-9,16,24H,11-12H2,1H3. The molecule has 0 aliphatic heterocycles. The number of benzene rings is 2. The summed E-state index contributed by atoms with van der Waals surface area (Å²) < 4.78 is 7.18. The lowest BCUT2D eigenvalue weighted by atomic mass is 10.2. The number of hydrogen-bond donors (Lipinski definition) is 1. The van der Waals surface area contributed by atoms with Gasteiger partial charge < -0.3 is 9.84 Å². The highest BCUT2D eigenvalue weighted by Gasteiger charge is 2.13. The van der Waals surface area contributed by atoms with Crippen LogP contribution in [0.3, 0.4) is 0 Å². The van der Waals surface area contributed by atoms with Crippen LogP contribution in [-0.2, 0) is 0 Å². The van der Waals surface area contributed by atoms with Crippen molar-refractivity contribution in [3.63, 3.8) is 0 Å². The molecule has 0 bridgehead atoms. The number of rotatable bonds is 7. The van der Waals surface area contributed by atoms with Crippen LogP contribution < -0.4 is 4.74 Å². The van der Waals surface area contributed by atoms with Crippen LogP contribution in [0.25, 0.3) is 5.69 Å². The number of hydrogen-bond acceptors (Lipinski definition) is 7. The third-order valence-electron chi connectivity index (χ3n) is 3.52. The molecule has 132 valence electrons. The van der Waals surface area contributed by atoms with Crippen molar-refractivity contribution < 1.29 is 9.84 Å². The van der Waals surface area contributed by atoms with E-state index in [1.807, 2.05) is 37.3 Å². The summed E-state index contributed by atoms with van der Waals surface area (Å²) in [5.74, 6) is 1.00. The largest absolute Gasteiger partial charge is 0.491 e. The van der Waals surface area contributed by atoms with Crippen LogP contribution in [0.2, 0.25) is 0 Å². The molecule has 0 spiro atoms. The van der Waals surface area contributed by atoms with Crippen molar-refractivity contribution in [2.75, 3.05) is 12.4 Å². The zero-order chi connectivity index (χ0) is 18.4. The Kier molecular flexibility index (Phi) is 5.84. The highest BCUT2D eigenvalue weighted by Crippen LogP contribution is 2.20. The lowest BCUT2D eigenvalue weighted by Gasteiger charge is -2.12. The fourth-order valence-corrected chi connectivity index (χ4v) is 3.02. The van der Waals surface area contributed by atoms with Crippen molar-refractivity contribution in [1.29, 1.82) is 5.26 Å². The first-order valence-corrected chi connectivity index (χ1v) is 8.93. The Morgan fingerprint density at radius 3 is 2.81 bits per heavy atom. The Labute approximate surface area is 155 Å². The second-order valence-electron chi connectivity index (χ2n) is 5.62. The fourth-order valence-electron chi connectivity index (χ4n) is 2.23. The van der Waals surface area contributed by atoms with Gasteiger partial charge in [0.1, 0.15) is 12.4 Å². The molecule has 0 radical (unpaired) electrons. The molecule has 0 saturated heterocycles. The summed E-state index contributed by atoms with van der Waals surface area (Å²) >= 11 is 1.36. The third-order valence-corrected chi connectivity index (χ3v) is 4.58. The summed E-state index contributed by atoms with van der Waals surface area (Å²) in [6, 6.07) is 16.7. The van der Waals surface area contributed by atoms with Crippen molar-refractivity contribution in [3.05, 3.63) is 59.7 Å². The van der Waals surface area contributed by atoms with Gasteiger partial charge in [-0.05, 0) is 59.3 Å². The van der Waals surface area contributed by atoms with Gasteiger partial charge in [0, 0.05) is 5.75 Å². The third kappa shape index (κ3) is 4.59. The van der Waals surface area contributed by atoms with Gasteiger partial charge in [0.15, 0.2) is 0 Å². The fraction of sp³-hybridized carbons (Fsp3) is 0.222. The first-order valence-electron chi connectivity index (χ1n) is 7.95. The number of aryl methyl sites for hydroxylation is 1. The van der Waals surface area contributed by atoms with E-state index >= 15 is 0 Å². The zero-order valence-electron chi connectivity index (χ0n) is 14.1. The quantitative estimate of drug-likeness (QED) is 0.640. The molecule has 2 aromatic carbocycles. The van der Waals surface area contributed by atoms with Gasteiger partial charge in [0.25, 0.3) is 0 Å². The molecule has 1 atom stereocenters. The SMILES string of the molecule is Cc1cccc(-n2nnnc2SCC(O)COc2ccc(C#N)cc2)c1. The van der Waals surface area contributed by atoms with Gasteiger partial charge in [-0.1, -0.05) is 23.9 Å². The molecule has 1 aromatic heterocycles. The van der Waals surface area contributed by atoms with Gasteiger partial charge in [-0.25, -0.2) is 0 Å². The summed E-state index contributed by atoms with van der Waals surface area (Å²) in [4.78, 5) is 0. The second-order valence-corrected chi connectivity index (χ2v) is 6.61. The van der Waals surface area contributed by atoms with Crippen LogP contribution in [-0.4, -0.2) is 43.8 Å². The van der Waals surface area contributed by atoms with E-state index in [0.29, 0.717) is 22.2 Å². The van der Waals surface area contributed by atoms with E-state index in [-0.39, 0.29) is 6.61 Å². The number of aliphatic hydroxyl groups excluding tert-OH is 1. The normalized spacial score (nSPS) is 11.7. The zero-order valence-corrected chi connectivity index (χ0v) is 14.9. The molecule has 1 heterocycles. The first kappa shape index (κ1) is 17.9. The van der Waals surface area contributed by atoms with E-state index in [1.165, 1.54) is 11.8 Å². The van der Waals surface area contributed by atoms with Crippen LogP contribution in [0.15, 0.2) is 53.7 Å². The number of nitrogens with zero attached hydrogens (tertiary/aromatic N) is 5. The molecule has 0 amide bonds. The predicted molar refractivity (Wildman–Crippen MR) is 97.3 cm³/mol. The Balaban J connectivity index is 1.54. The van der Waals surface area contributed by atoms with Gasteiger partial charge in [-0.2, -0.15) is 9.94 Å². The van der Waals surface area contributed by atoms with E-state index in [2.05, 4.69) is 15.5 Å². The van der Waals surface area contributed by atoms with Crippen molar-refractivity contribution in [2.24, 2.45) is 0 Å². The Morgan fingerprint density at radius 2 is 2.08 bits per heavy atom. The summed E-state index contributed by atoms with van der Waals surface area (Å²) in [7, 11) is 0. The van der Waals surface area contributed by atoms with Gasteiger partial charge in [0.2, 0.25) is 5.16 Å². The summed E-state index contributed by atoms with van der Waals surface area (Å²) in [5.41, 5.74) is 2.56. The molecule has 26 heavy (non-hydrogen) atoms. The van der Waals surface area contributed by atoms with Crippen molar-refractivity contribution in [2.45, 2.75) is 18.2 Å². The van der Waals surface area contributed by atoms with E-state index in [0.717, 1.165) is 11.3 Å². The van der Waals surface area contributed by atoms with Crippen LogP contribution in [0.1, 0.15) is 11.1 Å². The van der Waals surface area contributed by atoms with Crippen LogP contribution >= 0.6 is 11.8 Å². The number of tetrazole rings is 1. The molecule has 3 aromatic rings. The van der Waals surface area contributed by atoms with Crippen LogP contribution in [0.5, 0.6) is 5.75 Å². The Hall–Kier alpha value is -2.89. The topological polar surface area (TPSA) is 96.8 Å². The maximum Gasteiger partial charge on any atom is 0.214 e. The molecule has 0 aliphatic carbocycles. The molecular formula is C18H17N5O2S. The molecule has 1 unspecified atom stereocenters. The Morgan fingerprint density at radius 1 is 1.27 bits per heavy atom. The average molecular weight is 367 g/mol. The minimum Gasteiger partial charge on any atom is -0.491 e. The lowest BCUT2D eigenvalue weighted by Crippen LogP contribution is -2.20. The molecule has 8 heteroatoms. The molecule has 0 aliphatic rings. The summed E-state index contributed by atoms with van der Waals surface area (Å²) in [5, 5.41) is 31.3. The number of nitriles is 1. The minimum absolute atomic E-state index is 0.144. The number of aliphatic hydroxyl groups is 1. The molecule has 3 rings (SSSR count). The van der Waals surface area contributed by atoms with Gasteiger partial charge in [0.05, 0.1) is 23.4 Å². The summed E-state index contributed by atoms with van der Waals surface area (Å²) in [6.45, 7) is 2.15. The van der Waals surface area contributed by atoms with Crippen LogP contribution in [0.4, 0.5) is 0 Å². The van der Waals surface area contributed by atoms with Crippen LogP contribution in [0, 0.1) is 18.3 Å². The highest BCUT2D eigenvalue weighted by molar-refractivity contribution is 7.99. The maximum absolute atomic E-state index is 10.1. The minimum atomic E-state index is -0.682. The van der Waals surface area contributed by atoms with Gasteiger partial charge in [-0.15, -0.1) is 5.10 Å². The number of thioether (sulfide) groups is 1. The molecule has 0 saturated carbocycles. The first-order chi connectivity index (χ1) is 12.7. The number of ether oxygens (including phenoxy) is 1. The van der Waals surface area contributed by atoms with E-state index in [9.17, 15) is 5.11 Å². The van der Waals surface area contributed by atoms with E-state index in [1.54, 1.807) is 28.9 Å². The summed E-state index contributed by atoms with van der Waals surface area (Å²) in [6.07, 6.45) is -0.682. The van der Waals surface area contributed by atoms with E-state index < -0.39 is 6.10 Å². The molecule has 0 fully saturated rings. The average Bonchev–Trinajstić information content (AvgIpc) is 3.14. The second kappa shape index (κ2) is 8.47. The molecule has 7 nitrogen and oxygen atoms in total. The van der Waals surface area contributed by atoms with Gasteiger partial charge >= 0.3 is 0 Å². The maximum atomic E-state index is 10.1. The van der Waals surface area contributed by atoms with Crippen molar-refractivity contribution in [1.82, 2.24) is 20.2 Å².